The Hall–Kier alpha value is -1.58. The monoisotopic (exact) mass is 265 g/mol. The van der Waals surface area contributed by atoms with E-state index in [1.54, 1.807) is 6.07 Å². The van der Waals surface area contributed by atoms with Crippen LogP contribution in [0.25, 0.3) is 0 Å². The predicted octanol–water partition coefficient (Wildman–Crippen LogP) is 3.59. The second-order valence-electron chi connectivity index (χ2n) is 5.20. The lowest BCUT2D eigenvalue weighted by molar-refractivity contribution is -0.136. The highest BCUT2D eigenvalue weighted by Gasteiger charge is 2.15. The van der Waals surface area contributed by atoms with Crippen molar-refractivity contribution in [2.45, 2.75) is 51.0 Å². The van der Waals surface area contributed by atoms with Gasteiger partial charge in [-0.3, -0.25) is 4.79 Å². The van der Waals surface area contributed by atoms with Gasteiger partial charge in [-0.1, -0.05) is 25.7 Å². The fraction of sp³-hybridized carbons (Fsp3) is 0.533. The molecule has 0 bridgehead atoms. The number of carboxylic acid groups (broad SMARTS) is 1. The smallest absolute Gasteiger partial charge is 0.307 e. The van der Waals surface area contributed by atoms with Gasteiger partial charge >= 0.3 is 5.97 Å². The van der Waals surface area contributed by atoms with Gasteiger partial charge in [0, 0.05) is 11.7 Å². The Morgan fingerprint density at radius 2 is 1.95 bits per heavy atom. The molecule has 19 heavy (non-hydrogen) atoms. The molecule has 1 aliphatic rings. The molecule has 1 saturated carbocycles. The lowest BCUT2D eigenvalue weighted by Crippen LogP contribution is -2.19. The van der Waals surface area contributed by atoms with Gasteiger partial charge in [0.1, 0.15) is 5.82 Å². The molecule has 0 aliphatic heterocycles. The third-order valence-corrected chi connectivity index (χ3v) is 3.62. The Balaban J connectivity index is 2.11. The van der Waals surface area contributed by atoms with E-state index in [1.165, 1.54) is 37.8 Å². The van der Waals surface area contributed by atoms with Gasteiger partial charge in [0.05, 0.1) is 6.42 Å². The molecule has 0 unspecified atom stereocenters. The number of halogens is 1. The fourth-order valence-electron chi connectivity index (χ4n) is 2.66. The zero-order chi connectivity index (χ0) is 13.7. The van der Waals surface area contributed by atoms with E-state index in [0.717, 1.165) is 18.5 Å². The van der Waals surface area contributed by atoms with E-state index in [2.05, 4.69) is 5.32 Å². The number of nitrogens with one attached hydrogen (secondary N) is 1. The first-order valence-electron chi connectivity index (χ1n) is 6.92. The van der Waals surface area contributed by atoms with E-state index in [0.29, 0.717) is 11.6 Å². The molecule has 1 fully saturated rings. The van der Waals surface area contributed by atoms with Crippen LogP contribution in [0.3, 0.4) is 0 Å². The molecular formula is C15H20FNO2. The van der Waals surface area contributed by atoms with Crippen LogP contribution in [-0.4, -0.2) is 17.1 Å². The highest BCUT2D eigenvalue weighted by atomic mass is 19.1. The van der Waals surface area contributed by atoms with Crippen LogP contribution < -0.4 is 5.32 Å². The Labute approximate surface area is 112 Å². The second-order valence-corrected chi connectivity index (χ2v) is 5.20. The molecule has 0 saturated heterocycles. The van der Waals surface area contributed by atoms with Crippen molar-refractivity contribution in [1.29, 1.82) is 0 Å². The number of rotatable bonds is 4. The van der Waals surface area contributed by atoms with Crippen molar-refractivity contribution in [3.05, 3.63) is 29.6 Å². The maximum Gasteiger partial charge on any atom is 0.307 e. The Morgan fingerprint density at radius 3 is 2.58 bits per heavy atom. The van der Waals surface area contributed by atoms with E-state index in [1.807, 2.05) is 0 Å². The van der Waals surface area contributed by atoms with Crippen LogP contribution in [0.5, 0.6) is 0 Å². The van der Waals surface area contributed by atoms with Crippen LogP contribution >= 0.6 is 0 Å². The van der Waals surface area contributed by atoms with Crippen LogP contribution in [0, 0.1) is 5.82 Å². The molecule has 2 N–H and O–H groups in total. The first kappa shape index (κ1) is 13.8. The zero-order valence-electron chi connectivity index (χ0n) is 11.0. The van der Waals surface area contributed by atoms with Gasteiger partial charge in [-0.15, -0.1) is 0 Å². The fourth-order valence-corrected chi connectivity index (χ4v) is 2.66. The lowest BCUT2D eigenvalue weighted by Gasteiger charge is -2.20. The van der Waals surface area contributed by atoms with Gasteiger partial charge in [-0.2, -0.15) is 0 Å². The first-order valence-corrected chi connectivity index (χ1v) is 6.92. The SMILES string of the molecule is O=C(O)Cc1cc(F)ccc1NC1CCCCCC1. The largest absolute Gasteiger partial charge is 0.481 e. The minimum atomic E-state index is -0.936. The summed E-state index contributed by atoms with van der Waals surface area (Å²) >= 11 is 0. The number of carbonyl (C=O) groups is 1. The van der Waals surface area contributed by atoms with E-state index < -0.39 is 5.97 Å². The zero-order valence-corrected chi connectivity index (χ0v) is 11.0. The minimum Gasteiger partial charge on any atom is -0.481 e. The van der Waals surface area contributed by atoms with Crippen LogP contribution in [0.15, 0.2) is 18.2 Å². The lowest BCUT2D eigenvalue weighted by atomic mass is 10.1. The molecule has 0 aromatic heterocycles. The van der Waals surface area contributed by atoms with Crippen molar-refractivity contribution in [1.82, 2.24) is 0 Å². The van der Waals surface area contributed by atoms with Gasteiger partial charge in [0.25, 0.3) is 0 Å². The third kappa shape index (κ3) is 4.23. The number of anilines is 1. The van der Waals surface area contributed by atoms with Gasteiger partial charge in [0.2, 0.25) is 0 Å². The molecule has 104 valence electrons. The molecule has 0 heterocycles. The molecule has 1 aliphatic carbocycles. The van der Waals surface area contributed by atoms with Crippen molar-refractivity contribution < 1.29 is 14.3 Å². The summed E-state index contributed by atoms with van der Waals surface area (Å²) in [6.07, 6.45) is 6.99. The van der Waals surface area contributed by atoms with Crippen molar-refractivity contribution in [3.8, 4) is 0 Å². The molecule has 1 aromatic rings. The summed E-state index contributed by atoms with van der Waals surface area (Å²) in [7, 11) is 0. The van der Waals surface area contributed by atoms with Gasteiger partial charge in [-0.05, 0) is 36.6 Å². The number of hydrogen-bond donors (Lipinski definition) is 2. The summed E-state index contributed by atoms with van der Waals surface area (Å²) < 4.78 is 13.2. The Morgan fingerprint density at radius 1 is 1.26 bits per heavy atom. The molecule has 0 spiro atoms. The van der Waals surface area contributed by atoms with Gasteiger partial charge < -0.3 is 10.4 Å². The van der Waals surface area contributed by atoms with Crippen molar-refractivity contribution in [2.75, 3.05) is 5.32 Å². The molecule has 2 rings (SSSR count). The molecule has 0 atom stereocenters. The van der Waals surface area contributed by atoms with E-state index >= 15 is 0 Å². The number of aliphatic carboxylic acids is 1. The number of benzene rings is 1. The van der Waals surface area contributed by atoms with Gasteiger partial charge in [0.15, 0.2) is 0 Å². The van der Waals surface area contributed by atoms with Crippen molar-refractivity contribution >= 4 is 11.7 Å². The Bertz CT molecular complexity index is 440. The highest BCUT2D eigenvalue weighted by molar-refractivity contribution is 5.73. The first-order chi connectivity index (χ1) is 9.15. The summed E-state index contributed by atoms with van der Waals surface area (Å²) in [5, 5.41) is 12.3. The summed E-state index contributed by atoms with van der Waals surface area (Å²) in [6, 6.07) is 4.72. The van der Waals surface area contributed by atoms with E-state index in [-0.39, 0.29) is 12.2 Å². The minimum absolute atomic E-state index is 0.146. The van der Waals surface area contributed by atoms with Crippen LogP contribution in [0.2, 0.25) is 0 Å². The maximum atomic E-state index is 13.2. The summed E-state index contributed by atoms with van der Waals surface area (Å²) in [5.41, 5.74) is 1.28. The maximum absolute atomic E-state index is 13.2. The average Bonchev–Trinajstić information content (AvgIpc) is 2.60. The van der Waals surface area contributed by atoms with E-state index in [9.17, 15) is 9.18 Å². The third-order valence-electron chi connectivity index (χ3n) is 3.62. The van der Waals surface area contributed by atoms with E-state index in [4.69, 9.17) is 5.11 Å². The molecule has 1 aromatic carbocycles. The summed E-state index contributed by atoms with van der Waals surface area (Å²) in [6.45, 7) is 0. The Kier molecular flexibility index (Phi) is 4.77. The number of carboxylic acids is 1. The average molecular weight is 265 g/mol. The molecule has 3 nitrogen and oxygen atoms in total. The number of hydrogen-bond acceptors (Lipinski definition) is 2. The van der Waals surface area contributed by atoms with Gasteiger partial charge in [-0.25, -0.2) is 4.39 Å². The molecular weight excluding hydrogens is 245 g/mol. The predicted molar refractivity (Wildman–Crippen MR) is 72.9 cm³/mol. The topological polar surface area (TPSA) is 49.3 Å². The highest BCUT2D eigenvalue weighted by Crippen LogP contribution is 2.24. The second kappa shape index (κ2) is 6.55. The molecule has 0 amide bonds. The quantitative estimate of drug-likeness (QED) is 0.818. The normalized spacial score (nSPS) is 16.9. The van der Waals surface area contributed by atoms with Crippen LogP contribution in [0.1, 0.15) is 44.1 Å². The van der Waals surface area contributed by atoms with Crippen LogP contribution in [0.4, 0.5) is 10.1 Å². The molecule has 4 heteroatoms. The summed E-state index contributed by atoms with van der Waals surface area (Å²) in [5.74, 6) is -1.32. The van der Waals surface area contributed by atoms with Crippen LogP contribution in [-0.2, 0) is 11.2 Å². The van der Waals surface area contributed by atoms with Crippen molar-refractivity contribution in [3.63, 3.8) is 0 Å². The van der Waals surface area contributed by atoms with Crippen molar-refractivity contribution in [2.24, 2.45) is 0 Å². The standard InChI is InChI=1S/C15H20FNO2/c16-12-7-8-14(11(9-12)10-15(18)19)17-13-5-3-1-2-4-6-13/h7-9,13,17H,1-6,10H2,(H,18,19). The summed E-state index contributed by atoms with van der Waals surface area (Å²) in [4.78, 5) is 10.8. The molecule has 0 radical (unpaired) electrons.